The van der Waals surface area contributed by atoms with Crippen LogP contribution in [0.4, 0.5) is 0 Å². The first kappa shape index (κ1) is 18.9. The van der Waals surface area contributed by atoms with Crippen molar-refractivity contribution in [1.82, 2.24) is 5.32 Å². The van der Waals surface area contributed by atoms with E-state index in [1.54, 1.807) is 0 Å². The third-order valence-corrected chi connectivity index (χ3v) is 3.53. The van der Waals surface area contributed by atoms with Gasteiger partial charge in [0.05, 0.1) is 12.6 Å². The van der Waals surface area contributed by atoms with Gasteiger partial charge in [-0.25, -0.2) is 0 Å². The Kier molecular flexibility index (Phi) is 6.99. The normalized spacial score (nSPS) is 26.3. The summed E-state index contributed by atoms with van der Waals surface area (Å²) in [7, 11) is 0. The Bertz CT molecular complexity index is 476. The van der Waals surface area contributed by atoms with Crippen LogP contribution in [0.1, 0.15) is 40.5 Å². The molecule has 1 amide bonds. The topological polar surface area (TPSA) is 108 Å². The van der Waals surface area contributed by atoms with Gasteiger partial charge in [0.1, 0.15) is 6.10 Å². The van der Waals surface area contributed by atoms with Crippen LogP contribution >= 0.6 is 0 Å². The van der Waals surface area contributed by atoms with E-state index < -0.39 is 36.2 Å². The number of ether oxygens (including phenoxy) is 3. The standard InChI is InChI=1S/C15H23NO7/c1-8(17)16-13-7-12(5-6-21-9(2)18)14(22-10(3)19)15(13)23-11(4)20/h12-15H,5-7H2,1-4H3,(H,16,17)/t12-,13-,14-,15-/m1/s1. The van der Waals surface area contributed by atoms with Crippen molar-refractivity contribution < 1.29 is 33.4 Å². The second kappa shape index (κ2) is 8.50. The van der Waals surface area contributed by atoms with Crippen LogP contribution in [0.3, 0.4) is 0 Å². The average Bonchev–Trinajstić information content (AvgIpc) is 2.66. The maximum atomic E-state index is 11.4. The van der Waals surface area contributed by atoms with E-state index in [1.807, 2.05) is 0 Å². The zero-order valence-electron chi connectivity index (χ0n) is 13.8. The van der Waals surface area contributed by atoms with E-state index in [1.165, 1.54) is 27.7 Å². The number of rotatable bonds is 6. The summed E-state index contributed by atoms with van der Waals surface area (Å²) in [6.45, 7) is 5.34. The SMILES string of the molecule is CC(=O)N[C@@H]1C[C@@H](CCOC(C)=O)[C@@H](OC(C)=O)[C@@H]1OC(C)=O. The molecule has 1 saturated carbocycles. The largest absolute Gasteiger partial charge is 0.466 e. The van der Waals surface area contributed by atoms with Crippen LogP contribution in [0.15, 0.2) is 0 Å². The van der Waals surface area contributed by atoms with Gasteiger partial charge < -0.3 is 19.5 Å². The lowest BCUT2D eigenvalue weighted by atomic mass is 10.0. The van der Waals surface area contributed by atoms with E-state index in [2.05, 4.69) is 5.32 Å². The summed E-state index contributed by atoms with van der Waals surface area (Å²) < 4.78 is 15.5. The summed E-state index contributed by atoms with van der Waals surface area (Å²) in [6, 6.07) is -0.455. The minimum atomic E-state index is -0.761. The van der Waals surface area contributed by atoms with Gasteiger partial charge in [-0.1, -0.05) is 0 Å². The molecule has 0 spiro atoms. The van der Waals surface area contributed by atoms with Crippen molar-refractivity contribution >= 4 is 23.8 Å². The van der Waals surface area contributed by atoms with Crippen molar-refractivity contribution in [2.45, 2.75) is 58.8 Å². The first-order valence-electron chi connectivity index (χ1n) is 7.45. The highest BCUT2D eigenvalue weighted by Crippen LogP contribution is 2.34. The molecular weight excluding hydrogens is 306 g/mol. The van der Waals surface area contributed by atoms with Crippen molar-refractivity contribution in [3.8, 4) is 0 Å². The third-order valence-electron chi connectivity index (χ3n) is 3.53. The lowest BCUT2D eigenvalue weighted by Gasteiger charge is -2.26. The second-order valence-electron chi connectivity index (χ2n) is 5.58. The fraction of sp³-hybridized carbons (Fsp3) is 0.733. The number of esters is 3. The van der Waals surface area contributed by atoms with E-state index >= 15 is 0 Å². The monoisotopic (exact) mass is 329 g/mol. The Morgan fingerprint density at radius 2 is 1.48 bits per heavy atom. The Morgan fingerprint density at radius 3 is 1.96 bits per heavy atom. The summed E-state index contributed by atoms with van der Waals surface area (Å²) >= 11 is 0. The Balaban J connectivity index is 2.88. The number of hydrogen-bond acceptors (Lipinski definition) is 7. The molecule has 1 aliphatic carbocycles. The minimum absolute atomic E-state index is 0.164. The van der Waals surface area contributed by atoms with Crippen molar-refractivity contribution in [3.63, 3.8) is 0 Å². The van der Waals surface area contributed by atoms with Gasteiger partial charge in [-0.15, -0.1) is 0 Å². The lowest BCUT2D eigenvalue weighted by molar-refractivity contribution is -0.166. The molecule has 0 aliphatic heterocycles. The van der Waals surface area contributed by atoms with Gasteiger partial charge in [-0.3, -0.25) is 19.2 Å². The van der Waals surface area contributed by atoms with E-state index in [0.29, 0.717) is 12.8 Å². The van der Waals surface area contributed by atoms with Crippen LogP contribution in [0.5, 0.6) is 0 Å². The molecule has 1 N–H and O–H groups in total. The average molecular weight is 329 g/mol. The molecule has 0 aromatic rings. The molecule has 1 aliphatic rings. The number of carbonyl (C=O) groups is 4. The number of hydrogen-bond donors (Lipinski definition) is 1. The maximum Gasteiger partial charge on any atom is 0.303 e. The predicted molar refractivity (Wildman–Crippen MR) is 78.1 cm³/mol. The highest BCUT2D eigenvalue weighted by atomic mass is 16.6. The van der Waals surface area contributed by atoms with Crippen LogP contribution in [0.2, 0.25) is 0 Å². The molecule has 0 aromatic carbocycles. The van der Waals surface area contributed by atoms with Crippen molar-refractivity contribution in [2.75, 3.05) is 6.61 Å². The van der Waals surface area contributed by atoms with Crippen LogP contribution < -0.4 is 5.32 Å². The smallest absolute Gasteiger partial charge is 0.303 e. The van der Waals surface area contributed by atoms with Gasteiger partial charge in [0.15, 0.2) is 6.10 Å². The van der Waals surface area contributed by atoms with E-state index in [9.17, 15) is 19.2 Å². The molecule has 23 heavy (non-hydrogen) atoms. The molecule has 130 valence electrons. The van der Waals surface area contributed by atoms with Gasteiger partial charge in [-0.05, 0) is 12.8 Å². The number of carbonyl (C=O) groups excluding carboxylic acids is 4. The minimum Gasteiger partial charge on any atom is -0.466 e. The van der Waals surface area contributed by atoms with E-state index in [-0.39, 0.29) is 18.4 Å². The van der Waals surface area contributed by atoms with Gasteiger partial charge >= 0.3 is 17.9 Å². The molecule has 4 atom stereocenters. The molecule has 1 rings (SSSR count). The first-order chi connectivity index (χ1) is 10.7. The predicted octanol–water partition coefficient (Wildman–Crippen LogP) is 0.328. The van der Waals surface area contributed by atoms with Crippen LogP contribution in [-0.4, -0.2) is 48.7 Å². The molecule has 8 heteroatoms. The Hall–Kier alpha value is -2.12. The van der Waals surface area contributed by atoms with E-state index in [0.717, 1.165) is 0 Å². The zero-order chi connectivity index (χ0) is 17.6. The number of nitrogens with one attached hydrogen (secondary N) is 1. The van der Waals surface area contributed by atoms with Gasteiger partial charge in [0.2, 0.25) is 5.91 Å². The number of amides is 1. The molecular formula is C15H23NO7. The second-order valence-corrected chi connectivity index (χ2v) is 5.58. The van der Waals surface area contributed by atoms with Crippen molar-refractivity contribution in [1.29, 1.82) is 0 Å². The molecule has 0 radical (unpaired) electrons. The summed E-state index contributed by atoms with van der Waals surface area (Å²) in [5, 5.41) is 2.71. The molecule has 0 saturated heterocycles. The molecule has 0 heterocycles. The van der Waals surface area contributed by atoms with Crippen molar-refractivity contribution in [2.24, 2.45) is 5.92 Å². The summed E-state index contributed by atoms with van der Waals surface area (Å²) in [6.07, 6.45) is -0.561. The van der Waals surface area contributed by atoms with Gasteiger partial charge in [0, 0.05) is 33.6 Å². The molecule has 0 aromatic heterocycles. The zero-order valence-corrected chi connectivity index (χ0v) is 13.8. The lowest BCUT2D eigenvalue weighted by Crippen LogP contribution is -2.45. The summed E-state index contributed by atoms with van der Waals surface area (Å²) in [5.74, 6) is -1.90. The first-order valence-corrected chi connectivity index (χ1v) is 7.45. The van der Waals surface area contributed by atoms with Gasteiger partial charge in [0.25, 0.3) is 0 Å². The summed E-state index contributed by atoms with van der Waals surface area (Å²) in [4.78, 5) is 44.9. The van der Waals surface area contributed by atoms with E-state index in [4.69, 9.17) is 14.2 Å². The fourth-order valence-corrected chi connectivity index (χ4v) is 2.83. The molecule has 1 fully saturated rings. The maximum absolute atomic E-state index is 11.4. The third kappa shape index (κ3) is 6.25. The van der Waals surface area contributed by atoms with Crippen molar-refractivity contribution in [3.05, 3.63) is 0 Å². The Morgan fingerprint density at radius 1 is 0.913 bits per heavy atom. The van der Waals surface area contributed by atoms with Crippen LogP contribution in [0.25, 0.3) is 0 Å². The molecule has 8 nitrogen and oxygen atoms in total. The highest BCUT2D eigenvalue weighted by Gasteiger charge is 2.47. The van der Waals surface area contributed by atoms with Crippen LogP contribution in [0, 0.1) is 5.92 Å². The highest BCUT2D eigenvalue weighted by molar-refractivity contribution is 5.73. The van der Waals surface area contributed by atoms with Crippen LogP contribution in [-0.2, 0) is 33.4 Å². The fourth-order valence-electron chi connectivity index (χ4n) is 2.83. The quantitative estimate of drug-likeness (QED) is 0.552. The molecule has 0 unspecified atom stereocenters. The Labute approximate surface area is 134 Å². The summed E-state index contributed by atoms with van der Waals surface area (Å²) in [5.41, 5.74) is 0. The van der Waals surface area contributed by atoms with Gasteiger partial charge in [-0.2, -0.15) is 0 Å². The molecule has 0 bridgehead atoms.